The maximum atomic E-state index is 14.2. The minimum absolute atomic E-state index is 0.0497. The van der Waals surface area contributed by atoms with Gasteiger partial charge >= 0.3 is 0 Å². The predicted molar refractivity (Wildman–Crippen MR) is 136 cm³/mol. The Morgan fingerprint density at radius 1 is 0.706 bits per heavy atom. The number of hydrogen-bond donors (Lipinski definition) is 0. The maximum absolute atomic E-state index is 14.2. The molecule has 2 unspecified atom stereocenters. The maximum Gasteiger partial charge on any atom is 0.257 e. The van der Waals surface area contributed by atoms with E-state index in [4.69, 9.17) is 23.2 Å². The van der Waals surface area contributed by atoms with E-state index in [0.717, 1.165) is 43.5 Å². The number of nitrogens with zero attached hydrogens (tertiary/aromatic N) is 3. The fourth-order valence-electron chi connectivity index (χ4n) is 5.00. The van der Waals surface area contributed by atoms with Crippen LogP contribution in [0.25, 0.3) is 0 Å². The number of hydrogen-bond acceptors (Lipinski definition) is 4. The zero-order chi connectivity index (χ0) is 23.7. The molecule has 2 aliphatic heterocycles. The predicted octanol–water partition coefficient (Wildman–Crippen LogP) is 6.14. The van der Waals surface area contributed by atoms with Crippen LogP contribution in [0.5, 0.6) is 0 Å². The molecule has 2 heterocycles. The van der Waals surface area contributed by atoms with E-state index < -0.39 is 16.1 Å². The number of halogens is 2. The molecular formula is C26H27Cl2N3O2S. The van der Waals surface area contributed by atoms with Gasteiger partial charge in [0.25, 0.3) is 10.0 Å². The number of sulfonamides is 1. The van der Waals surface area contributed by atoms with Crippen LogP contribution >= 0.6 is 23.2 Å². The molecule has 0 N–H and O–H groups in total. The van der Waals surface area contributed by atoms with E-state index >= 15 is 0 Å². The third-order valence-electron chi connectivity index (χ3n) is 6.66. The fourth-order valence-corrected chi connectivity index (χ4v) is 6.93. The van der Waals surface area contributed by atoms with Crippen LogP contribution in [0.15, 0.2) is 83.8 Å². The van der Waals surface area contributed by atoms with Crippen molar-refractivity contribution >= 4 is 33.2 Å². The molecule has 2 atom stereocenters. The van der Waals surface area contributed by atoms with Gasteiger partial charge in [0.05, 0.1) is 10.9 Å². The second-order valence-electron chi connectivity index (χ2n) is 8.81. The lowest BCUT2D eigenvalue weighted by Gasteiger charge is -2.40. The Bertz CT molecular complexity index is 1220. The van der Waals surface area contributed by atoms with Crippen LogP contribution in [0.2, 0.25) is 10.0 Å². The van der Waals surface area contributed by atoms with Crippen molar-refractivity contribution in [2.75, 3.05) is 19.6 Å². The van der Waals surface area contributed by atoms with Crippen molar-refractivity contribution in [3.05, 3.63) is 100 Å². The summed E-state index contributed by atoms with van der Waals surface area (Å²) in [6.07, 6.45) is 3.26. The highest BCUT2D eigenvalue weighted by Gasteiger charge is 2.50. The van der Waals surface area contributed by atoms with E-state index in [0.29, 0.717) is 16.6 Å². The van der Waals surface area contributed by atoms with E-state index in [9.17, 15) is 8.42 Å². The third kappa shape index (κ3) is 4.63. The average Bonchev–Trinajstić information content (AvgIpc) is 3.27. The van der Waals surface area contributed by atoms with E-state index in [2.05, 4.69) is 17.1 Å². The minimum atomic E-state index is -3.88. The van der Waals surface area contributed by atoms with Gasteiger partial charge < -0.3 is 0 Å². The summed E-state index contributed by atoms with van der Waals surface area (Å²) in [5.41, 5.74) is 2.02. The van der Waals surface area contributed by atoms with Crippen molar-refractivity contribution in [3.8, 4) is 0 Å². The summed E-state index contributed by atoms with van der Waals surface area (Å²) in [4.78, 5) is 0.228. The first-order valence-electron chi connectivity index (χ1n) is 11.6. The summed E-state index contributed by atoms with van der Waals surface area (Å²) >= 11 is 12.3. The molecule has 3 aromatic rings. The van der Waals surface area contributed by atoms with Gasteiger partial charge in [0, 0.05) is 35.6 Å². The van der Waals surface area contributed by atoms with Crippen molar-refractivity contribution in [1.82, 2.24) is 14.5 Å². The van der Waals surface area contributed by atoms with Crippen molar-refractivity contribution in [2.24, 2.45) is 0 Å². The Morgan fingerprint density at radius 3 is 1.91 bits per heavy atom. The molecule has 0 bridgehead atoms. The Hall–Kier alpha value is -1.93. The molecule has 0 aromatic heterocycles. The molecule has 2 saturated heterocycles. The number of piperidine rings is 1. The average molecular weight is 516 g/mol. The van der Waals surface area contributed by atoms with Crippen molar-refractivity contribution in [3.63, 3.8) is 0 Å². The first-order valence-corrected chi connectivity index (χ1v) is 13.8. The highest BCUT2D eigenvalue weighted by atomic mass is 35.5. The Balaban J connectivity index is 1.67. The van der Waals surface area contributed by atoms with E-state index in [1.807, 2.05) is 47.6 Å². The molecule has 5 nitrogen and oxygen atoms in total. The summed E-state index contributed by atoms with van der Waals surface area (Å²) in [5, 5.41) is 5.30. The molecule has 0 spiro atoms. The molecule has 2 fully saturated rings. The Labute approximate surface area is 211 Å². The third-order valence-corrected chi connectivity index (χ3v) is 8.94. The molecule has 2 aliphatic rings. The topological polar surface area (TPSA) is 43.9 Å². The van der Waals surface area contributed by atoms with Gasteiger partial charge in [-0.1, -0.05) is 72.1 Å². The summed E-state index contributed by atoms with van der Waals surface area (Å²) in [6.45, 7) is 2.24. The quantitative estimate of drug-likeness (QED) is 0.409. The molecule has 0 aliphatic carbocycles. The van der Waals surface area contributed by atoms with Crippen LogP contribution in [-0.4, -0.2) is 42.6 Å². The SMILES string of the molecule is O=S(=O)(c1ccc(Cl)cc1)N1C(c2ccc(Cl)cc2)C(c2ccccc2)CN1N1CCCCC1. The zero-order valence-corrected chi connectivity index (χ0v) is 21.1. The van der Waals surface area contributed by atoms with Gasteiger partial charge in [-0.2, -0.15) is 5.12 Å². The van der Waals surface area contributed by atoms with E-state index in [1.165, 1.54) is 0 Å². The number of benzene rings is 3. The molecule has 0 saturated carbocycles. The highest BCUT2D eigenvalue weighted by molar-refractivity contribution is 7.89. The molecular weight excluding hydrogens is 489 g/mol. The van der Waals surface area contributed by atoms with Crippen molar-refractivity contribution in [1.29, 1.82) is 0 Å². The Kier molecular flexibility index (Phi) is 6.98. The molecule has 0 amide bonds. The highest BCUT2D eigenvalue weighted by Crippen LogP contribution is 2.47. The molecule has 0 radical (unpaired) electrons. The largest absolute Gasteiger partial charge is 0.257 e. The van der Waals surface area contributed by atoms with Crippen molar-refractivity contribution < 1.29 is 8.42 Å². The lowest BCUT2D eigenvalue weighted by Crippen LogP contribution is -2.53. The zero-order valence-electron chi connectivity index (χ0n) is 18.7. The second-order valence-corrected chi connectivity index (χ2v) is 11.5. The molecule has 178 valence electrons. The van der Waals surface area contributed by atoms with Crippen LogP contribution in [-0.2, 0) is 10.0 Å². The molecule has 3 aromatic carbocycles. The van der Waals surface area contributed by atoms with Crippen molar-refractivity contribution in [2.45, 2.75) is 36.1 Å². The monoisotopic (exact) mass is 515 g/mol. The smallest absolute Gasteiger partial charge is 0.227 e. The number of rotatable bonds is 5. The van der Waals surface area contributed by atoms with Crippen LogP contribution in [0.4, 0.5) is 0 Å². The second kappa shape index (κ2) is 9.97. The summed E-state index contributed by atoms with van der Waals surface area (Å²) in [7, 11) is -3.88. The molecule has 5 rings (SSSR count). The standard InChI is InChI=1S/C26H27Cl2N3O2S/c27-22-11-9-21(10-12-22)26-25(20-7-3-1-4-8-20)19-30(29-17-5-2-6-18-29)31(26)34(32,33)24-15-13-23(28)14-16-24/h1,3-4,7-16,25-26H,2,5-6,17-19H2. The van der Waals surface area contributed by atoms with Gasteiger partial charge in [-0.05, 0) is 60.4 Å². The van der Waals surface area contributed by atoms with E-state index in [1.54, 1.807) is 28.7 Å². The lowest BCUT2D eigenvalue weighted by atomic mass is 9.89. The summed E-state index contributed by atoms with van der Waals surface area (Å²) in [5.74, 6) is -0.0497. The van der Waals surface area contributed by atoms with Crippen LogP contribution in [0.1, 0.15) is 42.3 Å². The van der Waals surface area contributed by atoms with Gasteiger partial charge in [-0.25, -0.2) is 13.4 Å². The fraction of sp³-hybridized carbons (Fsp3) is 0.308. The molecule has 8 heteroatoms. The van der Waals surface area contributed by atoms with Gasteiger partial charge in [0.15, 0.2) is 0 Å². The van der Waals surface area contributed by atoms with Crippen LogP contribution in [0.3, 0.4) is 0 Å². The summed E-state index contributed by atoms with van der Waals surface area (Å²) < 4.78 is 30.0. The minimum Gasteiger partial charge on any atom is -0.227 e. The normalized spacial score (nSPS) is 22.8. The lowest BCUT2D eigenvalue weighted by molar-refractivity contribution is -0.127. The first kappa shape index (κ1) is 23.8. The van der Waals surface area contributed by atoms with Gasteiger partial charge in [0.2, 0.25) is 0 Å². The van der Waals surface area contributed by atoms with Gasteiger partial charge in [-0.15, -0.1) is 4.41 Å². The number of hydrazine groups is 2. The molecule has 34 heavy (non-hydrogen) atoms. The van der Waals surface area contributed by atoms with Gasteiger partial charge in [-0.3, -0.25) is 0 Å². The van der Waals surface area contributed by atoms with Gasteiger partial charge in [0.1, 0.15) is 0 Å². The Morgan fingerprint density at radius 2 is 1.29 bits per heavy atom. The summed E-state index contributed by atoms with van der Waals surface area (Å²) in [6, 6.07) is 23.7. The van der Waals surface area contributed by atoms with Crippen LogP contribution < -0.4 is 0 Å². The first-order chi connectivity index (χ1) is 16.4. The van der Waals surface area contributed by atoms with E-state index in [-0.39, 0.29) is 10.8 Å². The van der Waals surface area contributed by atoms with Crippen LogP contribution in [0, 0.1) is 0 Å².